The molecule has 0 saturated heterocycles. The normalized spacial score (nSPS) is 41.7. The zero-order chi connectivity index (χ0) is 16.1. The number of hydrogen-bond donors (Lipinski definition) is 0. The van der Waals surface area contributed by atoms with Crippen LogP contribution in [0.1, 0.15) is 72.6 Å². The molecule has 0 aliphatic heterocycles. The second kappa shape index (κ2) is 5.51. The van der Waals surface area contributed by atoms with E-state index in [0.29, 0.717) is 22.9 Å². The Morgan fingerprint density at radius 3 is 2.50 bits per heavy atom. The van der Waals surface area contributed by atoms with Crippen LogP contribution in [0, 0.1) is 22.7 Å². The van der Waals surface area contributed by atoms with Crippen LogP contribution in [-0.4, -0.2) is 13.2 Å². The molecule has 0 heterocycles. The summed E-state index contributed by atoms with van der Waals surface area (Å²) in [6, 6.07) is 0. The van der Waals surface area contributed by atoms with Gasteiger partial charge in [-0.25, -0.2) is 0 Å². The third-order valence-corrected chi connectivity index (χ3v) is 7.61. The van der Waals surface area contributed by atoms with E-state index in [2.05, 4.69) is 34.3 Å². The smallest absolute Gasteiger partial charge is 0.0781 e. The summed E-state index contributed by atoms with van der Waals surface area (Å²) in [4.78, 5) is 0. The summed E-state index contributed by atoms with van der Waals surface area (Å²) in [7, 11) is 1.86. The molecule has 1 heteroatoms. The maximum absolute atomic E-state index is 5.73. The molecule has 22 heavy (non-hydrogen) atoms. The average Bonchev–Trinajstić information content (AvgIpc) is 2.44. The molecule has 0 aromatic rings. The SMILES string of the molecule is C=C1[C@H]2C[C@@H]3CCC(C)=C(CC[C@]2(C)CC[C@H]1OC)C3(C)C. The molecule has 124 valence electrons. The van der Waals surface area contributed by atoms with E-state index < -0.39 is 0 Å². The van der Waals surface area contributed by atoms with Crippen molar-refractivity contribution in [2.75, 3.05) is 7.11 Å². The fourth-order valence-electron chi connectivity index (χ4n) is 5.84. The van der Waals surface area contributed by atoms with Crippen LogP contribution in [0.15, 0.2) is 23.3 Å². The molecule has 4 atom stereocenters. The lowest BCUT2D eigenvalue weighted by Gasteiger charge is -2.53. The van der Waals surface area contributed by atoms with Crippen molar-refractivity contribution in [3.63, 3.8) is 0 Å². The summed E-state index contributed by atoms with van der Waals surface area (Å²) >= 11 is 0. The Bertz CT molecular complexity index is 498. The van der Waals surface area contributed by atoms with Crippen LogP contribution in [0.3, 0.4) is 0 Å². The Morgan fingerprint density at radius 1 is 1.09 bits per heavy atom. The van der Waals surface area contributed by atoms with E-state index in [-0.39, 0.29) is 0 Å². The summed E-state index contributed by atoms with van der Waals surface area (Å²) in [5.74, 6) is 1.46. The van der Waals surface area contributed by atoms with Gasteiger partial charge in [-0.3, -0.25) is 0 Å². The Balaban J connectivity index is 1.97. The monoisotopic (exact) mass is 302 g/mol. The molecule has 0 unspecified atom stereocenters. The van der Waals surface area contributed by atoms with Crippen molar-refractivity contribution in [1.29, 1.82) is 0 Å². The van der Waals surface area contributed by atoms with E-state index in [1.54, 1.807) is 11.1 Å². The second-order valence-electron chi connectivity index (χ2n) is 9.00. The highest BCUT2D eigenvalue weighted by Gasteiger charge is 2.48. The first kappa shape index (κ1) is 16.3. The van der Waals surface area contributed by atoms with Crippen molar-refractivity contribution in [1.82, 2.24) is 0 Å². The van der Waals surface area contributed by atoms with Gasteiger partial charge >= 0.3 is 0 Å². The van der Waals surface area contributed by atoms with Crippen molar-refractivity contribution < 1.29 is 4.74 Å². The molecule has 0 spiro atoms. The van der Waals surface area contributed by atoms with Crippen molar-refractivity contribution >= 4 is 0 Å². The molecule has 0 radical (unpaired) electrons. The van der Waals surface area contributed by atoms with Crippen molar-refractivity contribution in [2.24, 2.45) is 22.7 Å². The number of allylic oxidation sites excluding steroid dienone is 2. The molecule has 2 bridgehead atoms. The Kier molecular flexibility index (Phi) is 4.08. The lowest BCUT2D eigenvalue weighted by Crippen LogP contribution is -2.44. The van der Waals surface area contributed by atoms with Gasteiger partial charge in [0.25, 0.3) is 0 Å². The number of methoxy groups -OCH3 is 1. The molecule has 0 N–H and O–H groups in total. The standard InChI is InChI=1S/C21H34O/c1-14-7-8-16-13-18-15(2)19(22-6)10-12-21(18,5)11-9-17(14)20(16,3)4/h16,18-19H,2,7-13H2,1,3-6H3/t16-,18+,19+,21+/m0/s1. The van der Waals surface area contributed by atoms with Crippen molar-refractivity contribution in [2.45, 2.75) is 78.7 Å². The number of hydrogen-bond acceptors (Lipinski definition) is 1. The third-order valence-electron chi connectivity index (χ3n) is 7.61. The van der Waals surface area contributed by atoms with Gasteiger partial charge in [0.2, 0.25) is 0 Å². The van der Waals surface area contributed by atoms with Crippen LogP contribution >= 0.6 is 0 Å². The summed E-state index contributed by atoms with van der Waals surface area (Å²) < 4.78 is 5.73. The number of rotatable bonds is 1. The quantitative estimate of drug-likeness (QED) is 0.547. The molecular weight excluding hydrogens is 268 g/mol. The van der Waals surface area contributed by atoms with Gasteiger partial charge in [-0.05, 0) is 80.1 Å². The lowest BCUT2D eigenvalue weighted by atomic mass is 9.52. The zero-order valence-electron chi connectivity index (χ0n) is 15.3. The van der Waals surface area contributed by atoms with Crippen LogP contribution in [0.5, 0.6) is 0 Å². The minimum absolute atomic E-state index is 0.293. The van der Waals surface area contributed by atoms with Gasteiger partial charge in [0.15, 0.2) is 0 Å². The first-order valence-corrected chi connectivity index (χ1v) is 9.20. The van der Waals surface area contributed by atoms with Gasteiger partial charge in [-0.2, -0.15) is 0 Å². The Labute approximate surface area is 137 Å². The van der Waals surface area contributed by atoms with Crippen LogP contribution in [-0.2, 0) is 4.74 Å². The van der Waals surface area contributed by atoms with E-state index in [1.807, 2.05) is 7.11 Å². The van der Waals surface area contributed by atoms with Gasteiger partial charge < -0.3 is 4.74 Å². The van der Waals surface area contributed by atoms with Crippen LogP contribution < -0.4 is 0 Å². The molecular formula is C21H34O. The molecule has 0 aromatic heterocycles. The average molecular weight is 303 g/mol. The first-order chi connectivity index (χ1) is 10.3. The third kappa shape index (κ3) is 2.40. The molecule has 3 aliphatic rings. The maximum Gasteiger partial charge on any atom is 0.0781 e. The van der Waals surface area contributed by atoms with Crippen LogP contribution in [0.4, 0.5) is 0 Å². The number of ether oxygens (including phenoxy) is 1. The summed E-state index contributed by atoms with van der Waals surface area (Å²) in [5.41, 5.74) is 5.67. The van der Waals surface area contributed by atoms with Crippen LogP contribution in [0.25, 0.3) is 0 Å². The van der Waals surface area contributed by atoms with Gasteiger partial charge in [0.1, 0.15) is 0 Å². The summed E-state index contributed by atoms with van der Waals surface area (Å²) in [5, 5.41) is 0. The highest BCUT2D eigenvalue weighted by atomic mass is 16.5. The van der Waals surface area contributed by atoms with E-state index in [4.69, 9.17) is 4.74 Å². The first-order valence-electron chi connectivity index (χ1n) is 9.20. The maximum atomic E-state index is 5.73. The van der Waals surface area contributed by atoms with Gasteiger partial charge in [-0.15, -0.1) is 0 Å². The fourth-order valence-corrected chi connectivity index (χ4v) is 5.84. The van der Waals surface area contributed by atoms with Gasteiger partial charge in [-0.1, -0.05) is 38.5 Å². The highest BCUT2D eigenvalue weighted by molar-refractivity contribution is 5.27. The largest absolute Gasteiger partial charge is 0.377 e. The highest BCUT2D eigenvalue weighted by Crippen LogP contribution is 2.58. The predicted molar refractivity (Wildman–Crippen MR) is 93.8 cm³/mol. The second-order valence-corrected chi connectivity index (χ2v) is 9.00. The zero-order valence-corrected chi connectivity index (χ0v) is 15.3. The van der Waals surface area contributed by atoms with E-state index in [9.17, 15) is 0 Å². The Morgan fingerprint density at radius 2 is 1.82 bits per heavy atom. The molecule has 3 rings (SSSR count). The van der Waals surface area contributed by atoms with E-state index in [1.165, 1.54) is 44.1 Å². The summed E-state index contributed by atoms with van der Waals surface area (Å²) in [6.45, 7) is 14.4. The van der Waals surface area contributed by atoms with Gasteiger partial charge in [0, 0.05) is 7.11 Å². The van der Waals surface area contributed by atoms with E-state index >= 15 is 0 Å². The fraction of sp³-hybridized carbons (Fsp3) is 0.810. The molecule has 0 aromatic carbocycles. The van der Waals surface area contributed by atoms with Crippen LogP contribution in [0.2, 0.25) is 0 Å². The molecule has 2 fully saturated rings. The molecule has 0 amide bonds. The Hall–Kier alpha value is -0.560. The van der Waals surface area contributed by atoms with E-state index in [0.717, 1.165) is 12.3 Å². The molecule has 1 nitrogen and oxygen atoms in total. The number of fused-ring (bicyclic) bond motifs is 3. The topological polar surface area (TPSA) is 9.23 Å². The molecule has 3 aliphatic carbocycles. The van der Waals surface area contributed by atoms with Crippen molar-refractivity contribution in [3.05, 3.63) is 23.3 Å². The lowest BCUT2D eigenvalue weighted by molar-refractivity contribution is 0.0118. The minimum atomic E-state index is 0.293. The van der Waals surface area contributed by atoms with Gasteiger partial charge in [0.05, 0.1) is 6.10 Å². The van der Waals surface area contributed by atoms with Crippen molar-refractivity contribution in [3.8, 4) is 0 Å². The minimum Gasteiger partial charge on any atom is -0.377 e. The molecule has 2 saturated carbocycles. The summed E-state index contributed by atoms with van der Waals surface area (Å²) in [6.07, 6.45) is 9.37. The predicted octanol–water partition coefficient (Wildman–Crippen LogP) is 5.91.